The lowest BCUT2D eigenvalue weighted by Crippen LogP contribution is -1.99. The van der Waals surface area contributed by atoms with Crippen molar-refractivity contribution in [1.29, 1.82) is 0 Å². The fraction of sp³-hybridized carbons (Fsp3) is 0.0526. The minimum Gasteiger partial charge on any atom is -0.340 e. The summed E-state index contributed by atoms with van der Waals surface area (Å²) < 4.78 is 2.08. The van der Waals surface area contributed by atoms with Crippen LogP contribution in [0.1, 0.15) is 5.56 Å². The normalized spacial score (nSPS) is 10.9. The molecule has 0 saturated heterocycles. The lowest BCUT2D eigenvalue weighted by atomic mass is 10.2. The van der Waals surface area contributed by atoms with Gasteiger partial charge in [-0.2, -0.15) is 0 Å². The molecule has 5 heteroatoms. The summed E-state index contributed by atoms with van der Waals surface area (Å²) in [5, 5.41) is 3.29. The summed E-state index contributed by atoms with van der Waals surface area (Å²) in [6.07, 6.45) is 3.63. The Morgan fingerprint density at radius 2 is 1.75 bits per heavy atom. The molecule has 0 aliphatic heterocycles. The zero-order chi connectivity index (χ0) is 16.4. The van der Waals surface area contributed by atoms with Gasteiger partial charge in [0.25, 0.3) is 0 Å². The maximum atomic E-state index is 5.59. The molecule has 4 aromatic rings. The van der Waals surface area contributed by atoms with Crippen LogP contribution in [0.3, 0.4) is 0 Å². The maximum Gasteiger partial charge on any atom is 0.130 e. The highest BCUT2D eigenvalue weighted by atomic mass is 15.0. The molecule has 3 N–H and O–H groups in total. The highest BCUT2D eigenvalue weighted by Gasteiger charge is 2.04. The number of pyridine rings is 1. The number of imidazole rings is 1. The number of aromatic nitrogens is 3. The Kier molecular flexibility index (Phi) is 3.69. The summed E-state index contributed by atoms with van der Waals surface area (Å²) in [6, 6.07) is 20.2. The molecule has 5 nitrogen and oxygen atoms in total. The Balaban J connectivity index is 1.58. The molecule has 118 valence electrons. The number of rotatable bonds is 4. The topological polar surface area (TPSA) is 68.8 Å². The second kappa shape index (κ2) is 6.14. The van der Waals surface area contributed by atoms with Crippen molar-refractivity contribution in [2.75, 3.05) is 5.32 Å². The van der Waals surface area contributed by atoms with Gasteiger partial charge in [-0.1, -0.05) is 18.2 Å². The van der Waals surface area contributed by atoms with E-state index in [0.29, 0.717) is 6.54 Å². The number of nitrogens with zero attached hydrogens (tertiary/aromatic N) is 3. The summed E-state index contributed by atoms with van der Waals surface area (Å²) in [6.45, 7) is 0.501. The van der Waals surface area contributed by atoms with Crippen LogP contribution in [0, 0.1) is 0 Å². The van der Waals surface area contributed by atoms with Gasteiger partial charge in [0.1, 0.15) is 12.1 Å². The Hall–Kier alpha value is -3.18. The molecule has 0 atom stereocenters. The van der Waals surface area contributed by atoms with Crippen molar-refractivity contribution in [3.05, 3.63) is 78.8 Å². The lowest BCUT2D eigenvalue weighted by molar-refractivity contribution is 1.05. The summed E-state index contributed by atoms with van der Waals surface area (Å²) in [4.78, 5) is 8.78. The Labute approximate surface area is 139 Å². The number of hydrogen-bond acceptors (Lipinski definition) is 4. The first-order valence-electron chi connectivity index (χ1n) is 7.78. The SMILES string of the molecule is NCc1ccc(Nc2ccc(-n3cnc4ccccc43)cc2)nc1. The molecule has 0 radical (unpaired) electrons. The third kappa shape index (κ3) is 2.73. The fourth-order valence-electron chi connectivity index (χ4n) is 2.64. The van der Waals surface area contributed by atoms with Crippen LogP contribution in [0.4, 0.5) is 11.5 Å². The summed E-state index contributed by atoms with van der Waals surface area (Å²) in [7, 11) is 0. The fourth-order valence-corrected chi connectivity index (χ4v) is 2.64. The van der Waals surface area contributed by atoms with Crippen LogP contribution in [-0.4, -0.2) is 14.5 Å². The zero-order valence-electron chi connectivity index (χ0n) is 13.1. The largest absolute Gasteiger partial charge is 0.340 e. The van der Waals surface area contributed by atoms with E-state index in [2.05, 4.69) is 38.1 Å². The third-order valence-corrected chi connectivity index (χ3v) is 3.93. The predicted molar refractivity (Wildman–Crippen MR) is 96.5 cm³/mol. The molecule has 2 aromatic heterocycles. The first-order valence-corrected chi connectivity index (χ1v) is 7.78. The molecule has 0 saturated carbocycles. The summed E-state index contributed by atoms with van der Waals surface area (Å²) in [5.41, 5.74) is 10.7. The first-order chi connectivity index (χ1) is 11.8. The van der Waals surface area contributed by atoms with Gasteiger partial charge in [0.15, 0.2) is 0 Å². The number of benzene rings is 2. The quantitative estimate of drug-likeness (QED) is 0.603. The maximum absolute atomic E-state index is 5.59. The van der Waals surface area contributed by atoms with Gasteiger partial charge < -0.3 is 11.1 Å². The molecule has 24 heavy (non-hydrogen) atoms. The van der Waals surface area contributed by atoms with Crippen molar-refractivity contribution in [1.82, 2.24) is 14.5 Å². The van der Waals surface area contributed by atoms with Gasteiger partial charge in [-0.25, -0.2) is 9.97 Å². The van der Waals surface area contributed by atoms with Crippen LogP contribution in [0.2, 0.25) is 0 Å². The smallest absolute Gasteiger partial charge is 0.130 e. The van der Waals surface area contributed by atoms with Gasteiger partial charge in [0, 0.05) is 24.1 Å². The van der Waals surface area contributed by atoms with Crippen LogP contribution in [0.25, 0.3) is 16.7 Å². The van der Waals surface area contributed by atoms with Gasteiger partial charge >= 0.3 is 0 Å². The van der Waals surface area contributed by atoms with E-state index >= 15 is 0 Å². The lowest BCUT2D eigenvalue weighted by Gasteiger charge is -2.08. The second-order valence-electron chi connectivity index (χ2n) is 5.53. The van der Waals surface area contributed by atoms with Crippen molar-refractivity contribution < 1.29 is 0 Å². The summed E-state index contributed by atoms with van der Waals surface area (Å²) >= 11 is 0. The molecule has 0 unspecified atom stereocenters. The van der Waals surface area contributed by atoms with Crippen LogP contribution in [-0.2, 0) is 6.54 Å². The van der Waals surface area contributed by atoms with Gasteiger partial charge in [0.2, 0.25) is 0 Å². The van der Waals surface area contributed by atoms with E-state index in [1.54, 1.807) is 6.20 Å². The molecule has 0 aliphatic carbocycles. The number of anilines is 2. The Morgan fingerprint density at radius 1 is 0.917 bits per heavy atom. The zero-order valence-corrected chi connectivity index (χ0v) is 13.1. The van der Waals surface area contributed by atoms with Gasteiger partial charge in [0.05, 0.1) is 11.0 Å². The molecule has 0 aliphatic rings. The Morgan fingerprint density at radius 3 is 2.50 bits per heavy atom. The van der Waals surface area contributed by atoms with Crippen LogP contribution >= 0.6 is 0 Å². The standard InChI is InChI=1S/C19H17N5/c20-11-14-5-10-19(21-12-14)23-15-6-8-16(9-7-15)24-13-22-17-3-1-2-4-18(17)24/h1-10,12-13H,11,20H2,(H,21,23). The van der Waals surface area contributed by atoms with Crippen molar-refractivity contribution in [2.24, 2.45) is 5.73 Å². The molecule has 0 spiro atoms. The molecule has 0 bridgehead atoms. The average Bonchev–Trinajstić information content (AvgIpc) is 3.07. The van der Waals surface area contributed by atoms with E-state index in [9.17, 15) is 0 Å². The molecule has 0 fully saturated rings. The molecule has 0 amide bonds. The van der Waals surface area contributed by atoms with Crippen LogP contribution in [0.5, 0.6) is 0 Å². The molecular weight excluding hydrogens is 298 g/mol. The van der Waals surface area contributed by atoms with E-state index in [-0.39, 0.29) is 0 Å². The molecule has 4 rings (SSSR count). The van der Waals surface area contributed by atoms with E-state index in [1.165, 1.54) is 0 Å². The average molecular weight is 315 g/mol. The van der Waals surface area contributed by atoms with Crippen molar-refractivity contribution in [3.8, 4) is 5.69 Å². The van der Waals surface area contributed by atoms with E-state index in [4.69, 9.17) is 5.73 Å². The van der Waals surface area contributed by atoms with E-state index in [0.717, 1.165) is 33.8 Å². The highest BCUT2D eigenvalue weighted by molar-refractivity contribution is 5.77. The van der Waals surface area contributed by atoms with Crippen molar-refractivity contribution >= 4 is 22.5 Å². The number of nitrogens with two attached hydrogens (primary N) is 1. The molecule has 2 aromatic carbocycles. The minimum atomic E-state index is 0.501. The van der Waals surface area contributed by atoms with Crippen molar-refractivity contribution in [3.63, 3.8) is 0 Å². The number of nitrogens with one attached hydrogen (secondary N) is 1. The Bertz CT molecular complexity index is 955. The van der Waals surface area contributed by atoms with Gasteiger partial charge in [-0.3, -0.25) is 4.57 Å². The first kappa shape index (κ1) is 14.4. The molecular formula is C19H17N5. The third-order valence-electron chi connectivity index (χ3n) is 3.93. The van der Waals surface area contributed by atoms with Gasteiger partial charge in [-0.15, -0.1) is 0 Å². The van der Waals surface area contributed by atoms with Crippen LogP contribution in [0.15, 0.2) is 73.2 Å². The number of fused-ring (bicyclic) bond motifs is 1. The minimum absolute atomic E-state index is 0.501. The second-order valence-corrected chi connectivity index (χ2v) is 5.53. The summed E-state index contributed by atoms with van der Waals surface area (Å²) in [5.74, 6) is 0.799. The van der Waals surface area contributed by atoms with Crippen LogP contribution < -0.4 is 11.1 Å². The predicted octanol–water partition coefficient (Wildman–Crippen LogP) is 3.62. The number of hydrogen-bond donors (Lipinski definition) is 2. The van der Waals surface area contributed by atoms with E-state index < -0.39 is 0 Å². The monoisotopic (exact) mass is 315 g/mol. The van der Waals surface area contributed by atoms with Gasteiger partial charge in [-0.05, 0) is 48.0 Å². The van der Waals surface area contributed by atoms with Crippen molar-refractivity contribution in [2.45, 2.75) is 6.54 Å². The number of para-hydroxylation sites is 2. The molecule has 2 heterocycles. The highest BCUT2D eigenvalue weighted by Crippen LogP contribution is 2.21. The van der Waals surface area contributed by atoms with E-state index in [1.807, 2.05) is 48.8 Å².